The van der Waals surface area contributed by atoms with Gasteiger partial charge in [-0.25, -0.2) is 9.18 Å². The van der Waals surface area contributed by atoms with Crippen LogP contribution in [0.5, 0.6) is 0 Å². The third-order valence-electron chi connectivity index (χ3n) is 7.01. The maximum Gasteiger partial charge on any atom is 0.410 e. The third kappa shape index (κ3) is 7.53. The molecule has 8 heteroatoms. The molecule has 1 saturated heterocycles. The number of benzene rings is 1. The first-order chi connectivity index (χ1) is 17.1. The lowest BCUT2D eigenvalue weighted by Crippen LogP contribution is -2.51. The third-order valence-corrected chi connectivity index (χ3v) is 7.01. The van der Waals surface area contributed by atoms with Crippen LogP contribution in [0.4, 0.5) is 9.18 Å². The number of piperidine rings is 1. The van der Waals surface area contributed by atoms with Gasteiger partial charge < -0.3 is 14.2 Å². The second-order valence-corrected chi connectivity index (χ2v) is 12.4. The van der Waals surface area contributed by atoms with Gasteiger partial charge in [-0.05, 0) is 78.4 Å². The van der Waals surface area contributed by atoms with Crippen molar-refractivity contribution in [2.24, 2.45) is 17.8 Å². The number of fused-ring (bicyclic) bond motifs is 1. The second-order valence-electron chi connectivity index (χ2n) is 12.4. The average Bonchev–Trinajstić information content (AvgIpc) is 3.42. The van der Waals surface area contributed by atoms with Crippen LogP contribution < -0.4 is 0 Å². The first kappa shape index (κ1) is 29.1. The number of rotatable bonds is 9. The summed E-state index contributed by atoms with van der Waals surface area (Å²) >= 11 is 0. The molecule has 6 atom stereocenters. The minimum Gasteiger partial charge on any atom is -0.460 e. The predicted molar refractivity (Wildman–Crippen MR) is 137 cm³/mol. The van der Waals surface area contributed by atoms with Gasteiger partial charge in [-0.1, -0.05) is 25.1 Å². The number of carbonyl (C=O) groups is 3. The highest BCUT2D eigenvalue weighted by molar-refractivity contribution is 5.86. The molecular formula is C29H42FNO6. The van der Waals surface area contributed by atoms with Gasteiger partial charge in [0.1, 0.15) is 22.8 Å². The lowest BCUT2D eigenvalue weighted by Gasteiger charge is -2.36. The Labute approximate surface area is 220 Å². The Morgan fingerprint density at radius 2 is 1.65 bits per heavy atom. The van der Waals surface area contributed by atoms with E-state index in [0.717, 1.165) is 12.8 Å². The summed E-state index contributed by atoms with van der Waals surface area (Å²) in [5.74, 6) is -2.21. The van der Waals surface area contributed by atoms with Gasteiger partial charge in [-0.2, -0.15) is 0 Å². The van der Waals surface area contributed by atoms with Gasteiger partial charge in [0.15, 0.2) is 0 Å². The Morgan fingerprint density at radius 1 is 1.03 bits per heavy atom. The number of hydrogen-bond acceptors (Lipinski definition) is 6. The van der Waals surface area contributed by atoms with Crippen molar-refractivity contribution in [1.82, 2.24) is 4.90 Å². The fraction of sp³-hybridized carbons (Fsp3) is 0.690. The SMILES string of the molecule is CO[C@H]([C@@H](C)C(=O)C[C@@H](Cc1ccccc1F)C(=O)OC(C)(C)C)[C@@H]1C[C@@H]2C[C@@H]2N1C(=O)OC(C)(C)C. The van der Waals surface area contributed by atoms with Crippen molar-refractivity contribution in [2.45, 2.75) is 104 Å². The molecule has 0 spiro atoms. The largest absolute Gasteiger partial charge is 0.460 e. The van der Waals surface area contributed by atoms with Crippen LogP contribution in [0.3, 0.4) is 0 Å². The van der Waals surface area contributed by atoms with E-state index in [2.05, 4.69) is 0 Å². The smallest absolute Gasteiger partial charge is 0.410 e. The van der Waals surface area contributed by atoms with Crippen LogP contribution in [0, 0.1) is 23.6 Å². The molecule has 0 radical (unpaired) electrons. The van der Waals surface area contributed by atoms with Crippen molar-refractivity contribution >= 4 is 17.8 Å². The fourth-order valence-corrected chi connectivity index (χ4v) is 5.23. The van der Waals surface area contributed by atoms with Crippen molar-refractivity contribution in [3.63, 3.8) is 0 Å². The van der Waals surface area contributed by atoms with E-state index >= 15 is 0 Å². The van der Waals surface area contributed by atoms with Gasteiger partial charge in [-0.15, -0.1) is 0 Å². The van der Waals surface area contributed by atoms with E-state index < -0.39 is 47.0 Å². The number of ketones is 1. The number of ether oxygens (including phenoxy) is 3. The van der Waals surface area contributed by atoms with Crippen LogP contribution in [-0.4, -0.2) is 59.2 Å². The number of Topliss-reactive ketones (excluding diaryl/α,β-unsaturated/α-hetero) is 1. The Balaban J connectivity index is 1.77. The van der Waals surface area contributed by atoms with Crippen LogP contribution in [0.15, 0.2) is 24.3 Å². The average molecular weight is 520 g/mol. The zero-order chi connectivity index (χ0) is 27.7. The molecule has 1 aromatic rings. The summed E-state index contributed by atoms with van der Waals surface area (Å²) in [6, 6.07) is 6.04. The highest BCUT2D eigenvalue weighted by Crippen LogP contribution is 2.50. The molecule has 7 nitrogen and oxygen atoms in total. The molecule has 1 aromatic carbocycles. The highest BCUT2D eigenvalue weighted by atomic mass is 19.1. The summed E-state index contributed by atoms with van der Waals surface area (Å²) in [6.07, 6.45) is 0.657. The fourth-order valence-electron chi connectivity index (χ4n) is 5.23. The first-order valence-corrected chi connectivity index (χ1v) is 13.1. The van der Waals surface area contributed by atoms with Crippen molar-refractivity contribution < 1.29 is 33.0 Å². The van der Waals surface area contributed by atoms with Crippen LogP contribution in [0.1, 0.15) is 73.3 Å². The van der Waals surface area contributed by atoms with Gasteiger partial charge in [0.2, 0.25) is 0 Å². The molecule has 1 heterocycles. The van der Waals surface area contributed by atoms with Crippen LogP contribution in [0.25, 0.3) is 0 Å². The Morgan fingerprint density at radius 3 is 2.22 bits per heavy atom. The van der Waals surface area contributed by atoms with Gasteiger partial charge in [0.05, 0.1) is 18.1 Å². The van der Waals surface area contributed by atoms with Crippen molar-refractivity contribution in [1.29, 1.82) is 0 Å². The summed E-state index contributed by atoms with van der Waals surface area (Å²) in [5, 5.41) is 0. The summed E-state index contributed by atoms with van der Waals surface area (Å²) in [4.78, 5) is 41.4. The number of amides is 1. The minimum absolute atomic E-state index is 0.0509. The minimum atomic E-state index is -0.845. The van der Waals surface area contributed by atoms with Gasteiger partial charge in [0.25, 0.3) is 0 Å². The molecule has 1 aliphatic carbocycles. The molecule has 0 unspecified atom stereocenters. The zero-order valence-corrected chi connectivity index (χ0v) is 23.4. The van der Waals surface area contributed by atoms with E-state index in [1.54, 1.807) is 50.8 Å². The molecular weight excluding hydrogens is 477 g/mol. The standard InChI is InChI=1S/C29H42FNO6/c1-17(25(35-8)23-15-19-14-22(19)31(23)27(34)37-29(5,6)7)24(32)16-20(26(33)36-28(2,3)4)13-18-11-9-10-12-21(18)30/h9-12,17,19-20,22-23,25H,13-16H2,1-8H3/t17-,19-,20+,22-,23-,25+/m0/s1. The van der Waals surface area contributed by atoms with Gasteiger partial charge >= 0.3 is 12.1 Å². The number of likely N-dealkylation sites (tertiary alicyclic amines) is 1. The van der Waals surface area contributed by atoms with E-state index in [1.165, 1.54) is 13.2 Å². The number of nitrogens with zero attached hydrogens (tertiary/aromatic N) is 1. The van der Waals surface area contributed by atoms with Gasteiger partial charge in [-0.3, -0.25) is 14.5 Å². The van der Waals surface area contributed by atoms with E-state index in [0.29, 0.717) is 11.5 Å². The lowest BCUT2D eigenvalue weighted by molar-refractivity contribution is -0.161. The monoisotopic (exact) mass is 519 g/mol. The molecule has 2 fully saturated rings. The predicted octanol–water partition coefficient (Wildman–Crippen LogP) is 5.33. The summed E-state index contributed by atoms with van der Waals surface area (Å²) in [5.41, 5.74) is -1.02. The molecule has 1 aliphatic heterocycles. The molecule has 2 aliphatic rings. The Bertz CT molecular complexity index is 997. The normalized spacial score (nSPS) is 23.6. The second kappa shape index (κ2) is 11.1. The van der Waals surface area contributed by atoms with Crippen LogP contribution >= 0.6 is 0 Å². The quantitative estimate of drug-likeness (QED) is 0.410. The molecule has 206 valence electrons. The van der Waals surface area contributed by atoms with E-state index in [1.807, 2.05) is 20.8 Å². The zero-order valence-electron chi connectivity index (χ0n) is 23.4. The number of esters is 1. The first-order valence-electron chi connectivity index (χ1n) is 13.1. The summed E-state index contributed by atoms with van der Waals surface area (Å²) in [7, 11) is 1.54. The Kier molecular flexibility index (Phi) is 8.72. The molecule has 3 rings (SSSR count). The topological polar surface area (TPSA) is 82.1 Å². The number of hydrogen-bond donors (Lipinski definition) is 0. The maximum atomic E-state index is 14.4. The van der Waals surface area contributed by atoms with Gasteiger partial charge in [0, 0.05) is 25.5 Å². The van der Waals surface area contributed by atoms with Crippen molar-refractivity contribution in [2.75, 3.05) is 7.11 Å². The van der Waals surface area contributed by atoms with E-state index in [9.17, 15) is 18.8 Å². The summed E-state index contributed by atoms with van der Waals surface area (Å²) in [6.45, 7) is 12.5. The van der Waals surface area contributed by atoms with Crippen molar-refractivity contribution in [3.8, 4) is 0 Å². The molecule has 0 bridgehead atoms. The maximum absolute atomic E-state index is 14.4. The highest BCUT2D eigenvalue weighted by Gasteiger charge is 2.58. The molecule has 37 heavy (non-hydrogen) atoms. The molecule has 1 saturated carbocycles. The van der Waals surface area contributed by atoms with Crippen LogP contribution in [0.2, 0.25) is 0 Å². The Hall–Kier alpha value is -2.48. The number of methoxy groups -OCH3 is 1. The van der Waals surface area contributed by atoms with E-state index in [4.69, 9.17) is 14.2 Å². The lowest BCUT2D eigenvalue weighted by atomic mass is 9.85. The van der Waals surface area contributed by atoms with Crippen LogP contribution in [-0.2, 0) is 30.2 Å². The number of halogens is 1. The molecule has 0 aromatic heterocycles. The number of carbonyl (C=O) groups excluding carboxylic acids is 3. The molecule has 0 N–H and O–H groups in total. The summed E-state index contributed by atoms with van der Waals surface area (Å²) < 4.78 is 31.4. The van der Waals surface area contributed by atoms with Crippen molar-refractivity contribution in [3.05, 3.63) is 35.6 Å². The van der Waals surface area contributed by atoms with E-state index in [-0.39, 0.29) is 30.7 Å². The molecule has 1 amide bonds.